The number of carbonyl (C=O) groups excluding carboxylic acids is 1. The zero-order valence-corrected chi connectivity index (χ0v) is 10.9. The largest absolute Gasteiger partial charge is 0.446 e. The molecule has 6 nitrogen and oxygen atoms in total. The molecule has 2 rings (SSSR count). The number of oxazole rings is 1. The maximum atomic E-state index is 12.2. The third-order valence-corrected chi connectivity index (χ3v) is 2.84. The van der Waals surface area contributed by atoms with Crippen LogP contribution in [0.5, 0.6) is 0 Å². The molecule has 1 amide bonds. The minimum absolute atomic E-state index is 0.0394. The van der Waals surface area contributed by atoms with E-state index in [0.29, 0.717) is 24.7 Å². The van der Waals surface area contributed by atoms with Crippen LogP contribution in [0.25, 0.3) is 0 Å². The molecule has 1 aliphatic heterocycles. The Kier molecular flexibility index (Phi) is 3.68. The van der Waals surface area contributed by atoms with Crippen LogP contribution in [0.15, 0.2) is 10.7 Å². The molecule has 0 radical (unpaired) electrons. The van der Waals surface area contributed by atoms with Crippen molar-refractivity contribution in [2.24, 2.45) is 5.73 Å². The minimum Gasteiger partial charge on any atom is -0.446 e. The van der Waals surface area contributed by atoms with Gasteiger partial charge in [0.2, 0.25) is 5.89 Å². The number of morpholine rings is 1. The number of rotatable bonds is 2. The van der Waals surface area contributed by atoms with Crippen LogP contribution in [0.4, 0.5) is 0 Å². The number of hydrogen-bond donors (Lipinski definition) is 1. The molecule has 2 heterocycles. The standard InChI is InChI=1S/C12H19N3O3/c1-7-4-15(5-8(2)18-7)12(16)10-6-17-11(14-10)9(3)13/h6-9H,4-5,13H2,1-3H3. The Balaban J connectivity index is 2.10. The Morgan fingerprint density at radius 1 is 1.50 bits per heavy atom. The first-order valence-corrected chi connectivity index (χ1v) is 6.13. The summed E-state index contributed by atoms with van der Waals surface area (Å²) in [5.74, 6) is 0.250. The second kappa shape index (κ2) is 5.07. The summed E-state index contributed by atoms with van der Waals surface area (Å²) in [5, 5.41) is 0. The topological polar surface area (TPSA) is 81.6 Å². The van der Waals surface area contributed by atoms with Gasteiger partial charge in [-0.25, -0.2) is 4.98 Å². The van der Waals surface area contributed by atoms with Crippen LogP contribution in [-0.4, -0.2) is 41.1 Å². The molecule has 1 saturated heterocycles. The number of nitrogens with zero attached hydrogens (tertiary/aromatic N) is 2. The van der Waals surface area contributed by atoms with Crippen molar-refractivity contribution in [3.05, 3.63) is 17.8 Å². The summed E-state index contributed by atoms with van der Waals surface area (Å²) < 4.78 is 10.8. The number of amides is 1. The van der Waals surface area contributed by atoms with Crippen molar-refractivity contribution in [2.45, 2.75) is 39.0 Å². The Bertz CT molecular complexity index is 420. The fourth-order valence-corrected chi connectivity index (χ4v) is 2.10. The van der Waals surface area contributed by atoms with Gasteiger partial charge in [0.05, 0.1) is 18.2 Å². The fourth-order valence-electron chi connectivity index (χ4n) is 2.10. The quantitative estimate of drug-likeness (QED) is 0.848. The number of aromatic nitrogens is 1. The van der Waals surface area contributed by atoms with Gasteiger partial charge >= 0.3 is 0 Å². The van der Waals surface area contributed by atoms with Crippen LogP contribution >= 0.6 is 0 Å². The molecule has 3 unspecified atom stereocenters. The molecule has 1 aromatic rings. The lowest BCUT2D eigenvalue weighted by molar-refractivity contribution is -0.0587. The zero-order valence-electron chi connectivity index (χ0n) is 10.9. The maximum Gasteiger partial charge on any atom is 0.275 e. The molecule has 0 aromatic carbocycles. The van der Waals surface area contributed by atoms with Crippen molar-refractivity contribution >= 4 is 5.91 Å². The van der Waals surface area contributed by atoms with Gasteiger partial charge in [0.1, 0.15) is 6.26 Å². The molecular weight excluding hydrogens is 234 g/mol. The van der Waals surface area contributed by atoms with Gasteiger partial charge < -0.3 is 19.8 Å². The van der Waals surface area contributed by atoms with Crippen molar-refractivity contribution in [1.29, 1.82) is 0 Å². The highest BCUT2D eigenvalue weighted by Crippen LogP contribution is 2.15. The highest BCUT2D eigenvalue weighted by atomic mass is 16.5. The van der Waals surface area contributed by atoms with Gasteiger partial charge in [0.25, 0.3) is 5.91 Å². The molecule has 100 valence electrons. The van der Waals surface area contributed by atoms with E-state index in [2.05, 4.69) is 4.98 Å². The third-order valence-electron chi connectivity index (χ3n) is 2.84. The first-order valence-electron chi connectivity index (χ1n) is 6.13. The number of ether oxygens (including phenoxy) is 1. The predicted molar refractivity (Wildman–Crippen MR) is 65.0 cm³/mol. The van der Waals surface area contributed by atoms with E-state index in [-0.39, 0.29) is 24.2 Å². The molecule has 0 spiro atoms. The van der Waals surface area contributed by atoms with Gasteiger partial charge in [0.15, 0.2) is 5.69 Å². The van der Waals surface area contributed by atoms with Crippen LogP contribution in [0.3, 0.4) is 0 Å². The molecule has 1 aliphatic rings. The lowest BCUT2D eigenvalue weighted by Crippen LogP contribution is -2.48. The molecule has 0 bridgehead atoms. The molecular formula is C12H19N3O3. The Hall–Kier alpha value is -1.40. The van der Waals surface area contributed by atoms with Gasteiger partial charge in [-0.2, -0.15) is 0 Å². The van der Waals surface area contributed by atoms with Gasteiger partial charge in [-0.3, -0.25) is 4.79 Å². The summed E-state index contributed by atoms with van der Waals surface area (Å²) >= 11 is 0. The molecule has 0 aliphatic carbocycles. The first-order chi connectivity index (χ1) is 8.47. The molecule has 18 heavy (non-hydrogen) atoms. The minimum atomic E-state index is -0.311. The maximum absolute atomic E-state index is 12.2. The van der Waals surface area contributed by atoms with Gasteiger partial charge in [0, 0.05) is 13.1 Å². The predicted octanol–water partition coefficient (Wildman–Crippen LogP) is 0.944. The van der Waals surface area contributed by atoms with E-state index in [0.717, 1.165) is 0 Å². The van der Waals surface area contributed by atoms with Crippen molar-refractivity contribution in [3.8, 4) is 0 Å². The molecule has 6 heteroatoms. The number of hydrogen-bond acceptors (Lipinski definition) is 5. The zero-order chi connectivity index (χ0) is 13.3. The van der Waals surface area contributed by atoms with E-state index < -0.39 is 0 Å². The summed E-state index contributed by atoms with van der Waals surface area (Å²) in [6, 6.07) is -0.311. The van der Waals surface area contributed by atoms with E-state index >= 15 is 0 Å². The van der Waals surface area contributed by atoms with Crippen LogP contribution in [-0.2, 0) is 4.74 Å². The smallest absolute Gasteiger partial charge is 0.275 e. The second-order valence-electron chi connectivity index (χ2n) is 4.83. The molecule has 1 aromatic heterocycles. The van der Waals surface area contributed by atoms with E-state index in [1.54, 1.807) is 11.8 Å². The van der Waals surface area contributed by atoms with Crippen LogP contribution < -0.4 is 5.73 Å². The molecule has 2 N–H and O–H groups in total. The van der Waals surface area contributed by atoms with E-state index in [4.69, 9.17) is 14.9 Å². The average molecular weight is 253 g/mol. The summed E-state index contributed by atoms with van der Waals surface area (Å²) in [5.41, 5.74) is 5.96. The summed E-state index contributed by atoms with van der Waals surface area (Å²) in [4.78, 5) is 18.1. The van der Waals surface area contributed by atoms with E-state index in [1.807, 2.05) is 13.8 Å². The lowest BCUT2D eigenvalue weighted by atomic mass is 10.2. The normalized spacial score (nSPS) is 26.1. The van der Waals surface area contributed by atoms with E-state index in [9.17, 15) is 4.79 Å². The van der Waals surface area contributed by atoms with Crippen LogP contribution in [0.1, 0.15) is 43.2 Å². The number of nitrogens with two attached hydrogens (primary N) is 1. The monoisotopic (exact) mass is 253 g/mol. The highest BCUT2D eigenvalue weighted by molar-refractivity contribution is 5.92. The van der Waals surface area contributed by atoms with Gasteiger partial charge in [-0.15, -0.1) is 0 Å². The summed E-state index contributed by atoms with van der Waals surface area (Å²) in [6.07, 6.45) is 1.45. The van der Waals surface area contributed by atoms with Crippen molar-refractivity contribution < 1.29 is 13.9 Å². The highest BCUT2D eigenvalue weighted by Gasteiger charge is 2.28. The molecule has 0 saturated carbocycles. The van der Waals surface area contributed by atoms with Crippen molar-refractivity contribution in [2.75, 3.05) is 13.1 Å². The first kappa shape index (κ1) is 13.0. The van der Waals surface area contributed by atoms with Crippen LogP contribution in [0.2, 0.25) is 0 Å². The Morgan fingerprint density at radius 3 is 2.61 bits per heavy atom. The summed E-state index contributed by atoms with van der Waals surface area (Å²) in [6.45, 7) is 6.81. The van der Waals surface area contributed by atoms with E-state index in [1.165, 1.54) is 6.26 Å². The SMILES string of the molecule is CC1CN(C(=O)c2coc(C(C)N)n2)CC(C)O1. The van der Waals surface area contributed by atoms with Crippen molar-refractivity contribution in [3.63, 3.8) is 0 Å². The fraction of sp³-hybridized carbons (Fsp3) is 0.667. The molecule has 3 atom stereocenters. The van der Waals surface area contributed by atoms with Crippen LogP contribution in [0, 0.1) is 0 Å². The lowest BCUT2D eigenvalue weighted by Gasteiger charge is -2.34. The van der Waals surface area contributed by atoms with Gasteiger partial charge in [-0.05, 0) is 20.8 Å². The third kappa shape index (κ3) is 2.70. The Labute approximate surface area is 106 Å². The second-order valence-corrected chi connectivity index (χ2v) is 4.83. The van der Waals surface area contributed by atoms with Gasteiger partial charge in [-0.1, -0.05) is 0 Å². The summed E-state index contributed by atoms with van der Waals surface area (Å²) in [7, 11) is 0. The molecule has 1 fully saturated rings. The number of carbonyl (C=O) groups is 1. The average Bonchev–Trinajstić information content (AvgIpc) is 2.75. The Morgan fingerprint density at radius 2 is 2.11 bits per heavy atom. The van der Waals surface area contributed by atoms with Crippen molar-refractivity contribution in [1.82, 2.24) is 9.88 Å².